The van der Waals surface area contributed by atoms with Crippen molar-refractivity contribution in [1.82, 2.24) is 0 Å². The van der Waals surface area contributed by atoms with Gasteiger partial charge in [-0.3, -0.25) is 0 Å². The maximum Gasteiger partial charge on any atom is 0.336 e. The van der Waals surface area contributed by atoms with E-state index in [4.69, 9.17) is 4.74 Å². The van der Waals surface area contributed by atoms with Gasteiger partial charge in [0.25, 0.3) is 5.09 Å². The number of hydrogen-bond acceptors (Lipinski definition) is 5. The Morgan fingerprint density at radius 1 is 1.09 bits per heavy atom. The highest BCUT2D eigenvalue weighted by molar-refractivity contribution is 5.88. The lowest BCUT2D eigenvalue weighted by molar-refractivity contribution is -0.763. The molecule has 2 aromatic rings. The largest absolute Gasteiger partial charge is 0.423 e. The highest BCUT2D eigenvalue weighted by Gasteiger charge is 2.08. The summed E-state index contributed by atoms with van der Waals surface area (Å²) >= 11 is 0. The first-order chi connectivity index (χ1) is 10.6. The van der Waals surface area contributed by atoms with Crippen molar-refractivity contribution >= 4 is 12.0 Å². The van der Waals surface area contributed by atoms with Gasteiger partial charge in [0.2, 0.25) is 0 Å². The molecule has 0 saturated heterocycles. The van der Waals surface area contributed by atoms with Gasteiger partial charge in [0.1, 0.15) is 12.4 Å². The van der Waals surface area contributed by atoms with Gasteiger partial charge in [-0.05, 0) is 17.7 Å². The van der Waals surface area contributed by atoms with Gasteiger partial charge in [-0.25, -0.2) is 4.79 Å². The van der Waals surface area contributed by atoms with Gasteiger partial charge in [-0.15, -0.1) is 10.1 Å². The van der Waals surface area contributed by atoms with Crippen molar-refractivity contribution in [1.29, 1.82) is 0 Å². The van der Waals surface area contributed by atoms with Gasteiger partial charge in [-0.2, -0.15) is 0 Å². The molecular formula is C16H13NO5. The predicted molar refractivity (Wildman–Crippen MR) is 79.3 cm³/mol. The Balaban J connectivity index is 2.02. The zero-order valence-electron chi connectivity index (χ0n) is 11.5. The number of ether oxygens (including phenoxy) is 1. The summed E-state index contributed by atoms with van der Waals surface area (Å²) in [6.07, 6.45) is 2.92. The van der Waals surface area contributed by atoms with E-state index in [1.807, 2.05) is 30.3 Å². The van der Waals surface area contributed by atoms with E-state index in [9.17, 15) is 14.9 Å². The third kappa shape index (κ3) is 4.75. The molecule has 0 heterocycles. The maximum atomic E-state index is 11.8. The van der Waals surface area contributed by atoms with E-state index >= 15 is 0 Å². The minimum absolute atomic E-state index is 0.229. The molecular weight excluding hydrogens is 286 g/mol. The van der Waals surface area contributed by atoms with Crippen LogP contribution in [0.25, 0.3) is 6.08 Å². The topological polar surface area (TPSA) is 78.7 Å². The Hall–Kier alpha value is -3.15. The molecule has 0 amide bonds. The minimum Gasteiger partial charge on any atom is -0.423 e. The third-order valence-electron chi connectivity index (χ3n) is 2.72. The zero-order valence-corrected chi connectivity index (χ0v) is 11.5. The Kier molecular flexibility index (Phi) is 5.25. The lowest BCUT2D eigenvalue weighted by atomic mass is 10.2. The van der Waals surface area contributed by atoms with Crippen LogP contribution in [0.2, 0.25) is 0 Å². The van der Waals surface area contributed by atoms with Gasteiger partial charge in [0.05, 0.1) is 0 Å². The summed E-state index contributed by atoms with van der Waals surface area (Å²) in [6.45, 7) is -0.279. The second kappa shape index (κ2) is 7.58. The summed E-state index contributed by atoms with van der Waals surface area (Å²) in [5, 5.41) is 9.33. The fourth-order valence-corrected chi connectivity index (χ4v) is 1.72. The van der Waals surface area contributed by atoms with Crippen LogP contribution in [0.15, 0.2) is 60.7 Å². The van der Waals surface area contributed by atoms with Gasteiger partial charge >= 0.3 is 5.97 Å². The number of esters is 1. The highest BCUT2D eigenvalue weighted by Crippen LogP contribution is 2.19. The van der Waals surface area contributed by atoms with Crippen LogP contribution < -0.4 is 4.74 Å². The zero-order chi connectivity index (χ0) is 15.8. The quantitative estimate of drug-likeness (QED) is 0.269. The van der Waals surface area contributed by atoms with Gasteiger partial charge in [0.15, 0.2) is 0 Å². The Morgan fingerprint density at radius 2 is 1.77 bits per heavy atom. The Bertz CT molecular complexity index is 682. The molecule has 0 aromatic heterocycles. The molecule has 0 unspecified atom stereocenters. The number of carbonyl (C=O) groups is 1. The van der Waals surface area contributed by atoms with Crippen LogP contribution in [0.4, 0.5) is 0 Å². The maximum absolute atomic E-state index is 11.8. The van der Waals surface area contributed by atoms with Crippen LogP contribution >= 0.6 is 0 Å². The Morgan fingerprint density at radius 3 is 2.50 bits per heavy atom. The normalized spacial score (nSPS) is 10.4. The van der Waals surface area contributed by atoms with Gasteiger partial charge in [0, 0.05) is 11.6 Å². The van der Waals surface area contributed by atoms with Crippen molar-refractivity contribution in [2.45, 2.75) is 6.61 Å². The lowest BCUT2D eigenvalue weighted by Gasteiger charge is -2.07. The molecule has 0 aliphatic rings. The second-order valence-electron chi connectivity index (χ2n) is 4.27. The fraction of sp³-hybridized carbons (Fsp3) is 0.0625. The number of carbonyl (C=O) groups excluding carboxylic acids is 1. The molecule has 0 aliphatic carbocycles. The molecule has 0 aliphatic heterocycles. The minimum atomic E-state index is -0.895. The molecule has 6 nitrogen and oxygen atoms in total. The van der Waals surface area contributed by atoms with Crippen molar-refractivity contribution in [3.05, 3.63) is 81.9 Å². The van der Waals surface area contributed by atoms with Crippen LogP contribution in [0.3, 0.4) is 0 Å². The van der Waals surface area contributed by atoms with Crippen molar-refractivity contribution in [2.75, 3.05) is 0 Å². The SMILES string of the molecule is O=C(C=Cc1ccccc1)Oc1ccccc1CO[N+](=O)[O-]. The molecule has 6 heteroatoms. The lowest BCUT2D eigenvalue weighted by Crippen LogP contribution is -2.07. The molecule has 0 atom stereocenters. The summed E-state index contributed by atoms with van der Waals surface area (Å²) < 4.78 is 5.17. The van der Waals surface area contributed by atoms with E-state index in [0.29, 0.717) is 5.56 Å². The van der Waals surface area contributed by atoms with Crippen molar-refractivity contribution in [3.63, 3.8) is 0 Å². The number of rotatable bonds is 6. The third-order valence-corrected chi connectivity index (χ3v) is 2.72. The average molecular weight is 299 g/mol. The summed E-state index contributed by atoms with van der Waals surface area (Å²) in [7, 11) is 0. The average Bonchev–Trinajstić information content (AvgIpc) is 2.53. The van der Waals surface area contributed by atoms with E-state index in [1.54, 1.807) is 30.3 Å². The van der Waals surface area contributed by atoms with Gasteiger partial charge < -0.3 is 9.57 Å². The van der Waals surface area contributed by atoms with Crippen molar-refractivity contribution in [3.8, 4) is 5.75 Å². The standard InChI is InChI=1S/C16H13NO5/c18-16(11-10-13-6-2-1-3-7-13)22-15-9-5-4-8-14(15)12-21-17(19)20/h1-11H,12H2. The van der Waals surface area contributed by atoms with Crippen LogP contribution in [0.5, 0.6) is 5.75 Å². The number of para-hydroxylation sites is 1. The first kappa shape index (κ1) is 15.2. The summed E-state index contributed by atoms with van der Waals surface area (Å²) in [4.78, 5) is 26.3. The molecule has 0 N–H and O–H groups in total. The molecule has 2 aromatic carbocycles. The predicted octanol–water partition coefficient (Wildman–Crippen LogP) is 3.01. The molecule has 0 bridgehead atoms. The Labute approximate surface area is 126 Å². The van der Waals surface area contributed by atoms with E-state index < -0.39 is 11.1 Å². The summed E-state index contributed by atoms with van der Waals surface area (Å²) in [5.41, 5.74) is 1.28. The molecule has 0 fully saturated rings. The second-order valence-corrected chi connectivity index (χ2v) is 4.27. The highest BCUT2D eigenvalue weighted by atomic mass is 16.9. The monoisotopic (exact) mass is 299 g/mol. The first-order valence-corrected chi connectivity index (χ1v) is 6.45. The molecule has 0 radical (unpaired) electrons. The smallest absolute Gasteiger partial charge is 0.336 e. The molecule has 0 spiro atoms. The first-order valence-electron chi connectivity index (χ1n) is 6.45. The van der Waals surface area contributed by atoms with E-state index in [2.05, 4.69) is 4.84 Å². The molecule has 0 saturated carbocycles. The van der Waals surface area contributed by atoms with Crippen LogP contribution in [0.1, 0.15) is 11.1 Å². The van der Waals surface area contributed by atoms with Crippen molar-refractivity contribution < 1.29 is 19.5 Å². The van der Waals surface area contributed by atoms with E-state index in [0.717, 1.165) is 5.56 Å². The summed E-state index contributed by atoms with van der Waals surface area (Å²) in [5.74, 6) is -0.343. The van der Waals surface area contributed by atoms with Crippen LogP contribution in [0, 0.1) is 10.1 Å². The number of hydrogen-bond donors (Lipinski definition) is 0. The van der Waals surface area contributed by atoms with E-state index in [-0.39, 0.29) is 12.4 Å². The van der Waals surface area contributed by atoms with Crippen LogP contribution in [-0.2, 0) is 16.2 Å². The van der Waals surface area contributed by atoms with E-state index in [1.165, 1.54) is 6.08 Å². The molecule has 22 heavy (non-hydrogen) atoms. The van der Waals surface area contributed by atoms with Crippen molar-refractivity contribution in [2.24, 2.45) is 0 Å². The number of benzene rings is 2. The number of nitrogens with zero attached hydrogens (tertiary/aromatic N) is 1. The summed E-state index contributed by atoms with van der Waals surface area (Å²) in [6, 6.07) is 15.8. The molecule has 112 valence electrons. The van der Waals surface area contributed by atoms with Gasteiger partial charge in [-0.1, -0.05) is 48.5 Å². The molecule has 2 rings (SSSR count). The van der Waals surface area contributed by atoms with Crippen LogP contribution in [-0.4, -0.2) is 11.1 Å². The fourth-order valence-electron chi connectivity index (χ4n) is 1.72.